The summed E-state index contributed by atoms with van der Waals surface area (Å²) >= 11 is 5.33. The largest absolute Gasteiger partial charge is 0.346 e. The number of aryl methyl sites for hydroxylation is 1. The smallest absolute Gasteiger partial charge is 0.276 e. The van der Waals surface area contributed by atoms with E-state index in [9.17, 15) is 4.79 Å². The molecular weight excluding hydrogens is 282 g/mol. The van der Waals surface area contributed by atoms with Crippen molar-refractivity contribution in [2.24, 2.45) is 0 Å². The van der Waals surface area contributed by atoms with E-state index in [0.29, 0.717) is 23.4 Å². The summed E-state index contributed by atoms with van der Waals surface area (Å²) in [6.45, 7) is 6.82. The van der Waals surface area contributed by atoms with Crippen LogP contribution in [0.4, 0.5) is 0 Å². The van der Waals surface area contributed by atoms with E-state index in [1.807, 2.05) is 24.9 Å². The first-order valence-electron chi connectivity index (χ1n) is 7.45. The molecule has 1 aliphatic carbocycles. The normalized spacial score (nSPS) is 21.0. The lowest BCUT2D eigenvalue weighted by Crippen LogP contribution is -2.30. The van der Waals surface area contributed by atoms with E-state index in [4.69, 9.17) is 12.2 Å². The molecular formula is C16H21N3OS. The lowest BCUT2D eigenvalue weighted by atomic mass is 10.2. The number of rotatable bonds is 3. The van der Waals surface area contributed by atoms with Gasteiger partial charge in [0.25, 0.3) is 5.91 Å². The Kier molecular flexibility index (Phi) is 3.40. The van der Waals surface area contributed by atoms with Crippen molar-refractivity contribution in [1.82, 2.24) is 14.4 Å². The second kappa shape index (κ2) is 4.98. The summed E-state index contributed by atoms with van der Waals surface area (Å²) in [5.41, 5.74) is 4.29. The van der Waals surface area contributed by atoms with Crippen LogP contribution < -0.4 is 0 Å². The third-order valence-electron chi connectivity index (χ3n) is 4.39. The van der Waals surface area contributed by atoms with E-state index in [1.165, 1.54) is 24.2 Å². The number of likely N-dealkylation sites (N-methyl/N-ethyl adjacent to an activating group) is 2. The van der Waals surface area contributed by atoms with Gasteiger partial charge in [-0.1, -0.05) is 0 Å². The Morgan fingerprint density at radius 1 is 1.38 bits per heavy atom. The first-order valence-corrected chi connectivity index (χ1v) is 7.86. The van der Waals surface area contributed by atoms with Gasteiger partial charge in [0.05, 0.1) is 0 Å². The highest BCUT2D eigenvalue weighted by Gasteiger charge is 2.35. The number of aromatic nitrogens is 1. The molecule has 1 aromatic rings. The van der Waals surface area contributed by atoms with E-state index in [-0.39, 0.29) is 5.91 Å². The molecule has 0 atom stereocenters. The van der Waals surface area contributed by atoms with E-state index in [1.54, 1.807) is 4.90 Å². The van der Waals surface area contributed by atoms with Crippen LogP contribution >= 0.6 is 12.2 Å². The van der Waals surface area contributed by atoms with Gasteiger partial charge in [0, 0.05) is 31.0 Å². The van der Waals surface area contributed by atoms with Crippen LogP contribution in [0.15, 0.2) is 11.8 Å². The lowest BCUT2D eigenvalue weighted by molar-refractivity contribution is -0.122. The van der Waals surface area contributed by atoms with Gasteiger partial charge in [-0.25, -0.2) is 0 Å². The van der Waals surface area contributed by atoms with Gasteiger partial charge >= 0.3 is 0 Å². The van der Waals surface area contributed by atoms with Crippen molar-refractivity contribution in [3.63, 3.8) is 0 Å². The fourth-order valence-corrected chi connectivity index (χ4v) is 3.39. The molecule has 112 valence electrons. The van der Waals surface area contributed by atoms with E-state index < -0.39 is 0 Å². The molecule has 0 spiro atoms. The first-order chi connectivity index (χ1) is 9.95. The standard InChI is InChI=1S/C16H21N3OS/c1-5-18-15(20)14(17(4)16(18)21)9-12-8-10(2)19(11(12)3)13-6-7-13/h8-9,13H,5-7H2,1-4H3/b14-9-. The highest BCUT2D eigenvalue weighted by molar-refractivity contribution is 7.80. The maximum Gasteiger partial charge on any atom is 0.276 e. The Morgan fingerprint density at radius 2 is 2.05 bits per heavy atom. The topological polar surface area (TPSA) is 28.5 Å². The summed E-state index contributed by atoms with van der Waals surface area (Å²) in [4.78, 5) is 15.9. The van der Waals surface area contributed by atoms with Crippen molar-refractivity contribution in [3.8, 4) is 0 Å². The molecule has 0 aromatic carbocycles. The van der Waals surface area contributed by atoms with E-state index in [2.05, 4.69) is 24.5 Å². The first kappa shape index (κ1) is 14.3. The second-order valence-corrected chi connectivity index (χ2v) is 6.21. The maximum atomic E-state index is 12.4. The molecule has 3 rings (SSSR count). The number of hydrogen-bond donors (Lipinski definition) is 0. The molecule has 0 radical (unpaired) electrons. The van der Waals surface area contributed by atoms with Crippen LogP contribution in [0.5, 0.6) is 0 Å². The molecule has 2 fully saturated rings. The minimum atomic E-state index is 0.00113. The molecule has 1 aliphatic heterocycles. The fourth-order valence-electron chi connectivity index (χ4n) is 3.08. The molecule has 0 N–H and O–H groups in total. The fraction of sp³-hybridized carbons (Fsp3) is 0.500. The summed E-state index contributed by atoms with van der Waals surface area (Å²) in [6.07, 6.45) is 4.50. The minimum Gasteiger partial charge on any atom is -0.346 e. The maximum absolute atomic E-state index is 12.4. The Balaban J connectivity index is 2.00. The van der Waals surface area contributed by atoms with Gasteiger partial charge in [-0.2, -0.15) is 0 Å². The van der Waals surface area contributed by atoms with Gasteiger partial charge in [-0.15, -0.1) is 0 Å². The summed E-state index contributed by atoms with van der Waals surface area (Å²) in [6, 6.07) is 2.82. The molecule has 2 heterocycles. The molecule has 1 saturated carbocycles. The molecule has 5 heteroatoms. The highest BCUT2D eigenvalue weighted by Crippen LogP contribution is 2.39. The average molecular weight is 303 g/mol. The van der Waals surface area contributed by atoms with E-state index in [0.717, 1.165) is 5.56 Å². The monoisotopic (exact) mass is 303 g/mol. The summed E-state index contributed by atoms with van der Waals surface area (Å²) in [5, 5.41) is 0.588. The van der Waals surface area contributed by atoms with Crippen molar-refractivity contribution < 1.29 is 4.79 Å². The van der Waals surface area contributed by atoms with Crippen LogP contribution in [0.1, 0.15) is 42.8 Å². The van der Waals surface area contributed by atoms with Crippen LogP contribution in [0.3, 0.4) is 0 Å². The zero-order valence-corrected chi connectivity index (χ0v) is 13.8. The third kappa shape index (κ3) is 2.20. The predicted octanol–water partition coefficient (Wildman–Crippen LogP) is 2.86. The van der Waals surface area contributed by atoms with Crippen molar-refractivity contribution in [3.05, 3.63) is 28.7 Å². The van der Waals surface area contributed by atoms with Crippen molar-refractivity contribution in [2.45, 2.75) is 39.7 Å². The van der Waals surface area contributed by atoms with Gasteiger partial charge in [-0.3, -0.25) is 9.69 Å². The summed E-state index contributed by atoms with van der Waals surface area (Å²) in [5.74, 6) is 0.00113. The molecule has 1 saturated heterocycles. The molecule has 21 heavy (non-hydrogen) atoms. The van der Waals surface area contributed by atoms with Crippen molar-refractivity contribution in [1.29, 1.82) is 0 Å². The van der Waals surface area contributed by atoms with Crippen LogP contribution in [0.2, 0.25) is 0 Å². The Labute approximate surface area is 131 Å². The number of thiocarbonyl (C=S) groups is 1. The molecule has 2 aliphatic rings. The van der Waals surface area contributed by atoms with Gasteiger partial charge < -0.3 is 9.47 Å². The van der Waals surface area contributed by atoms with Crippen LogP contribution in [0.25, 0.3) is 6.08 Å². The number of hydrogen-bond acceptors (Lipinski definition) is 2. The lowest BCUT2D eigenvalue weighted by Gasteiger charge is -2.13. The second-order valence-electron chi connectivity index (χ2n) is 5.85. The molecule has 0 bridgehead atoms. The van der Waals surface area contributed by atoms with Gasteiger partial charge in [0.1, 0.15) is 5.70 Å². The average Bonchev–Trinajstić information content (AvgIpc) is 3.19. The van der Waals surface area contributed by atoms with Crippen molar-refractivity contribution in [2.75, 3.05) is 13.6 Å². The zero-order valence-electron chi connectivity index (χ0n) is 13.0. The minimum absolute atomic E-state index is 0.00113. The van der Waals surface area contributed by atoms with Crippen molar-refractivity contribution >= 4 is 29.3 Å². The number of carbonyl (C=O) groups excluding carboxylic acids is 1. The van der Waals surface area contributed by atoms with Crippen LogP contribution in [-0.4, -0.2) is 39.0 Å². The quantitative estimate of drug-likeness (QED) is 0.635. The van der Waals surface area contributed by atoms with E-state index >= 15 is 0 Å². The SMILES string of the molecule is CCN1C(=O)/C(=C/c2cc(C)n(C3CC3)c2C)N(C)C1=S. The molecule has 0 unspecified atom stereocenters. The van der Waals surface area contributed by atoms with Crippen LogP contribution in [0, 0.1) is 13.8 Å². The Bertz CT molecular complexity index is 655. The highest BCUT2D eigenvalue weighted by atomic mass is 32.1. The Morgan fingerprint density at radius 3 is 2.57 bits per heavy atom. The van der Waals surface area contributed by atoms with Gasteiger partial charge in [-0.05, 0) is 63.5 Å². The predicted molar refractivity (Wildman–Crippen MR) is 87.9 cm³/mol. The van der Waals surface area contributed by atoms with Crippen LogP contribution in [-0.2, 0) is 4.79 Å². The van der Waals surface area contributed by atoms with Gasteiger partial charge in [0.15, 0.2) is 5.11 Å². The number of carbonyl (C=O) groups is 1. The number of amides is 1. The Hall–Kier alpha value is -1.62. The summed E-state index contributed by atoms with van der Waals surface area (Å²) in [7, 11) is 1.86. The third-order valence-corrected chi connectivity index (χ3v) is 4.88. The zero-order chi connectivity index (χ0) is 15.3. The molecule has 1 aromatic heterocycles. The number of nitrogens with zero attached hydrogens (tertiary/aromatic N) is 3. The molecule has 1 amide bonds. The summed E-state index contributed by atoms with van der Waals surface area (Å²) < 4.78 is 2.39. The van der Waals surface area contributed by atoms with Gasteiger partial charge in [0.2, 0.25) is 0 Å². The molecule has 4 nitrogen and oxygen atoms in total.